The van der Waals surface area contributed by atoms with Crippen molar-refractivity contribution in [3.63, 3.8) is 0 Å². The Hall–Kier alpha value is -2.54. The van der Waals surface area contributed by atoms with E-state index in [9.17, 15) is 14.9 Å². The van der Waals surface area contributed by atoms with Gasteiger partial charge in [0, 0.05) is 11.0 Å². The normalized spacial score (nSPS) is 10.0. The van der Waals surface area contributed by atoms with E-state index in [4.69, 9.17) is 4.74 Å². The van der Waals surface area contributed by atoms with Crippen molar-refractivity contribution >= 4 is 29.0 Å². The highest BCUT2D eigenvalue weighted by Crippen LogP contribution is 2.25. The van der Waals surface area contributed by atoms with Crippen LogP contribution in [0, 0.1) is 10.1 Å². The molecule has 0 bridgehead atoms. The Balaban J connectivity index is 1.97. The molecule has 1 amide bonds. The molecule has 0 aromatic heterocycles. The minimum absolute atomic E-state index is 0.123. The van der Waals surface area contributed by atoms with E-state index in [0.717, 1.165) is 4.90 Å². The second-order valence-electron chi connectivity index (χ2n) is 4.29. The zero-order valence-corrected chi connectivity index (χ0v) is 12.6. The van der Waals surface area contributed by atoms with Crippen LogP contribution in [-0.4, -0.2) is 23.7 Å². The van der Waals surface area contributed by atoms with E-state index < -0.39 is 4.92 Å². The molecule has 2 aromatic rings. The van der Waals surface area contributed by atoms with Crippen molar-refractivity contribution in [1.29, 1.82) is 0 Å². The molecule has 0 unspecified atom stereocenters. The summed E-state index contributed by atoms with van der Waals surface area (Å²) in [6.45, 7) is 0. The maximum atomic E-state index is 11.9. The van der Waals surface area contributed by atoms with Crippen LogP contribution in [0.15, 0.2) is 53.4 Å². The molecular weight excluding hydrogens is 304 g/mol. The zero-order chi connectivity index (χ0) is 15.9. The Kier molecular flexibility index (Phi) is 5.37. The number of nitro groups is 1. The molecule has 0 atom stereocenters. The first-order chi connectivity index (χ1) is 10.6. The summed E-state index contributed by atoms with van der Waals surface area (Å²) >= 11 is 1.33. The van der Waals surface area contributed by atoms with E-state index in [0.29, 0.717) is 5.75 Å². The highest BCUT2D eigenvalue weighted by atomic mass is 32.2. The molecule has 0 saturated carbocycles. The van der Waals surface area contributed by atoms with Crippen molar-refractivity contribution in [3.05, 3.63) is 58.6 Å². The first-order valence-corrected chi connectivity index (χ1v) is 7.39. The number of nitrogens with one attached hydrogen (secondary N) is 1. The lowest BCUT2D eigenvalue weighted by Gasteiger charge is -2.06. The van der Waals surface area contributed by atoms with Gasteiger partial charge in [0.15, 0.2) is 0 Å². The molecule has 2 aromatic carbocycles. The van der Waals surface area contributed by atoms with Crippen LogP contribution in [0.3, 0.4) is 0 Å². The van der Waals surface area contributed by atoms with Crippen LogP contribution >= 0.6 is 11.8 Å². The highest BCUT2D eigenvalue weighted by Gasteiger charge is 2.14. The number of ether oxygens (including phenoxy) is 1. The van der Waals surface area contributed by atoms with Gasteiger partial charge in [0.25, 0.3) is 5.69 Å². The molecule has 1 N–H and O–H groups in total. The second kappa shape index (κ2) is 7.46. The summed E-state index contributed by atoms with van der Waals surface area (Å²) in [5, 5.41) is 13.4. The fourth-order valence-corrected chi connectivity index (χ4v) is 2.51. The Morgan fingerprint density at radius 2 is 2.05 bits per heavy atom. The van der Waals surface area contributed by atoms with Crippen molar-refractivity contribution in [2.45, 2.75) is 4.90 Å². The number of benzene rings is 2. The predicted octanol–water partition coefficient (Wildman–Crippen LogP) is 3.33. The van der Waals surface area contributed by atoms with E-state index in [1.54, 1.807) is 19.2 Å². The Labute approximate surface area is 131 Å². The van der Waals surface area contributed by atoms with E-state index in [-0.39, 0.29) is 23.0 Å². The molecule has 0 heterocycles. The predicted molar refractivity (Wildman–Crippen MR) is 85.4 cm³/mol. The molecule has 114 valence electrons. The van der Waals surface area contributed by atoms with Gasteiger partial charge in [-0.05, 0) is 24.3 Å². The minimum atomic E-state index is -0.523. The standard InChI is InChI=1S/C15H14N2O4S/c1-21-11-5-4-6-12(9-11)22-10-15(18)16-13-7-2-3-8-14(13)17(19)20/h2-9H,10H2,1H3,(H,16,18). The van der Waals surface area contributed by atoms with Gasteiger partial charge in [-0.1, -0.05) is 18.2 Å². The maximum Gasteiger partial charge on any atom is 0.292 e. The Bertz CT molecular complexity index is 691. The highest BCUT2D eigenvalue weighted by molar-refractivity contribution is 8.00. The number of anilines is 1. The summed E-state index contributed by atoms with van der Waals surface area (Å²) in [5.41, 5.74) is 0.0750. The number of para-hydroxylation sites is 2. The third kappa shape index (κ3) is 4.23. The van der Waals surface area contributed by atoms with Gasteiger partial charge in [-0.3, -0.25) is 14.9 Å². The first kappa shape index (κ1) is 15.8. The Morgan fingerprint density at radius 1 is 1.27 bits per heavy atom. The van der Waals surface area contributed by atoms with Gasteiger partial charge in [0.2, 0.25) is 5.91 Å². The summed E-state index contributed by atoms with van der Waals surface area (Å²) in [6.07, 6.45) is 0. The van der Waals surface area contributed by atoms with Crippen molar-refractivity contribution in [2.24, 2.45) is 0 Å². The van der Waals surface area contributed by atoms with Crippen LogP contribution in [-0.2, 0) is 4.79 Å². The van der Waals surface area contributed by atoms with Crippen LogP contribution < -0.4 is 10.1 Å². The molecule has 0 aliphatic rings. The summed E-state index contributed by atoms with van der Waals surface area (Å²) < 4.78 is 5.11. The van der Waals surface area contributed by atoms with Gasteiger partial charge >= 0.3 is 0 Å². The second-order valence-corrected chi connectivity index (χ2v) is 5.34. The average Bonchev–Trinajstić information content (AvgIpc) is 2.53. The first-order valence-electron chi connectivity index (χ1n) is 6.40. The summed E-state index contributed by atoms with van der Waals surface area (Å²) in [7, 11) is 1.57. The number of rotatable bonds is 6. The van der Waals surface area contributed by atoms with E-state index >= 15 is 0 Å². The lowest BCUT2D eigenvalue weighted by atomic mass is 10.2. The number of hydrogen-bond acceptors (Lipinski definition) is 5. The van der Waals surface area contributed by atoms with Crippen molar-refractivity contribution in [3.8, 4) is 5.75 Å². The maximum absolute atomic E-state index is 11.9. The molecule has 7 heteroatoms. The van der Waals surface area contributed by atoms with Gasteiger partial charge in [0.05, 0.1) is 17.8 Å². The molecular formula is C15H14N2O4S. The number of methoxy groups -OCH3 is 1. The number of thioether (sulfide) groups is 1. The van der Waals surface area contributed by atoms with E-state index in [1.165, 1.54) is 23.9 Å². The Morgan fingerprint density at radius 3 is 2.77 bits per heavy atom. The van der Waals surface area contributed by atoms with E-state index in [1.807, 2.05) is 24.3 Å². The molecule has 22 heavy (non-hydrogen) atoms. The molecule has 0 spiro atoms. The molecule has 0 fully saturated rings. The monoisotopic (exact) mass is 318 g/mol. The van der Waals surface area contributed by atoms with Gasteiger partial charge < -0.3 is 10.1 Å². The largest absolute Gasteiger partial charge is 0.497 e. The lowest BCUT2D eigenvalue weighted by Crippen LogP contribution is -2.15. The summed E-state index contributed by atoms with van der Waals surface area (Å²) in [4.78, 5) is 23.2. The van der Waals surface area contributed by atoms with Crippen molar-refractivity contribution in [1.82, 2.24) is 0 Å². The fraction of sp³-hybridized carbons (Fsp3) is 0.133. The van der Waals surface area contributed by atoms with Gasteiger partial charge in [-0.2, -0.15) is 0 Å². The quantitative estimate of drug-likeness (QED) is 0.502. The van der Waals surface area contributed by atoms with Crippen molar-refractivity contribution in [2.75, 3.05) is 18.2 Å². The number of carbonyl (C=O) groups is 1. The van der Waals surface area contributed by atoms with Crippen LogP contribution in [0.25, 0.3) is 0 Å². The number of nitrogens with zero attached hydrogens (tertiary/aromatic N) is 1. The SMILES string of the molecule is COc1cccc(SCC(=O)Nc2ccccc2[N+](=O)[O-])c1. The van der Waals surface area contributed by atoms with Gasteiger partial charge in [0.1, 0.15) is 11.4 Å². The van der Waals surface area contributed by atoms with Crippen LogP contribution in [0.2, 0.25) is 0 Å². The average molecular weight is 318 g/mol. The third-order valence-electron chi connectivity index (χ3n) is 2.79. The lowest BCUT2D eigenvalue weighted by molar-refractivity contribution is -0.383. The zero-order valence-electron chi connectivity index (χ0n) is 11.8. The van der Waals surface area contributed by atoms with Crippen LogP contribution in [0.1, 0.15) is 0 Å². The summed E-state index contributed by atoms with van der Waals surface area (Å²) in [6, 6.07) is 13.4. The van der Waals surface area contributed by atoms with Gasteiger partial charge in [-0.15, -0.1) is 11.8 Å². The molecule has 0 aliphatic heterocycles. The smallest absolute Gasteiger partial charge is 0.292 e. The molecule has 0 saturated heterocycles. The number of amides is 1. The van der Waals surface area contributed by atoms with Crippen molar-refractivity contribution < 1.29 is 14.5 Å². The van der Waals surface area contributed by atoms with Crippen LogP contribution in [0.5, 0.6) is 5.75 Å². The molecule has 6 nitrogen and oxygen atoms in total. The fourth-order valence-electron chi connectivity index (χ4n) is 1.76. The third-order valence-corrected chi connectivity index (χ3v) is 3.78. The molecule has 2 rings (SSSR count). The number of carbonyl (C=O) groups excluding carboxylic acids is 1. The molecule has 0 aliphatic carbocycles. The number of nitro benzene ring substituents is 1. The molecule has 0 radical (unpaired) electrons. The minimum Gasteiger partial charge on any atom is -0.497 e. The van der Waals surface area contributed by atoms with Gasteiger partial charge in [-0.25, -0.2) is 0 Å². The van der Waals surface area contributed by atoms with Crippen LogP contribution in [0.4, 0.5) is 11.4 Å². The summed E-state index contributed by atoms with van der Waals surface area (Å²) in [5.74, 6) is 0.561. The van der Waals surface area contributed by atoms with E-state index in [2.05, 4.69) is 5.32 Å². The topological polar surface area (TPSA) is 81.5 Å². The number of hydrogen-bond donors (Lipinski definition) is 1.